The maximum atomic E-state index is 5.93. The molecule has 1 atom stereocenters. The summed E-state index contributed by atoms with van der Waals surface area (Å²) in [6.07, 6.45) is 5.21. The van der Waals surface area contributed by atoms with Gasteiger partial charge in [0, 0.05) is 11.1 Å². The molecule has 0 aromatic heterocycles. The standard InChI is InChI=1S/C17H29N3O/c1-17(2,20-12-8-4-5-9-13-20)16(19-18)14-10-6-7-11-15(14)21-3/h6-7,10-11,16,19H,4-5,8-9,12-13,18H2,1-3H3. The normalized spacial score (nSPS) is 19.0. The number of methoxy groups -OCH3 is 1. The van der Waals surface area contributed by atoms with Gasteiger partial charge in [0.2, 0.25) is 0 Å². The second kappa shape index (κ2) is 7.25. The Morgan fingerprint density at radius 1 is 1.14 bits per heavy atom. The maximum absolute atomic E-state index is 5.93. The first-order valence-electron chi connectivity index (χ1n) is 7.95. The van der Waals surface area contributed by atoms with Gasteiger partial charge < -0.3 is 4.74 Å². The number of hydrogen-bond acceptors (Lipinski definition) is 4. The van der Waals surface area contributed by atoms with Gasteiger partial charge in [-0.05, 0) is 45.8 Å². The lowest BCUT2D eigenvalue weighted by Gasteiger charge is -2.44. The number of likely N-dealkylation sites (tertiary alicyclic amines) is 1. The van der Waals surface area contributed by atoms with Crippen LogP contribution in [0.5, 0.6) is 5.75 Å². The lowest BCUT2D eigenvalue weighted by molar-refractivity contribution is 0.0824. The van der Waals surface area contributed by atoms with Crippen molar-refractivity contribution in [3.05, 3.63) is 29.8 Å². The first-order valence-corrected chi connectivity index (χ1v) is 7.95. The van der Waals surface area contributed by atoms with Crippen LogP contribution >= 0.6 is 0 Å². The summed E-state index contributed by atoms with van der Waals surface area (Å²) in [4.78, 5) is 2.57. The van der Waals surface area contributed by atoms with E-state index in [1.807, 2.05) is 18.2 Å². The van der Waals surface area contributed by atoms with Crippen LogP contribution in [-0.2, 0) is 0 Å². The Labute approximate surface area is 128 Å². The minimum absolute atomic E-state index is 0.0340. The van der Waals surface area contributed by atoms with Gasteiger partial charge >= 0.3 is 0 Å². The van der Waals surface area contributed by atoms with Crippen molar-refractivity contribution >= 4 is 0 Å². The number of rotatable bonds is 5. The molecule has 21 heavy (non-hydrogen) atoms. The molecule has 1 aromatic rings. The molecule has 4 heteroatoms. The number of ether oxygens (including phenoxy) is 1. The lowest BCUT2D eigenvalue weighted by atomic mass is 9.86. The number of hydrogen-bond donors (Lipinski definition) is 2. The first-order chi connectivity index (χ1) is 10.1. The highest BCUT2D eigenvalue weighted by Gasteiger charge is 2.37. The van der Waals surface area contributed by atoms with Crippen LogP contribution in [0.2, 0.25) is 0 Å². The molecular weight excluding hydrogens is 262 g/mol. The minimum Gasteiger partial charge on any atom is -0.496 e. The topological polar surface area (TPSA) is 50.5 Å². The van der Waals surface area contributed by atoms with Crippen LogP contribution in [0.3, 0.4) is 0 Å². The van der Waals surface area contributed by atoms with E-state index >= 15 is 0 Å². The first kappa shape index (κ1) is 16.3. The number of hydrazine groups is 1. The molecule has 0 spiro atoms. The van der Waals surface area contributed by atoms with Crippen molar-refractivity contribution in [1.82, 2.24) is 10.3 Å². The van der Waals surface area contributed by atoms with Crippen molar-refractivity contribution in [2.75, 3.05) is 20.2 Å². The van der Waals surface area contributed by atoms with E-state index in [2.05, 4.69) is 30.2 Å². The fourth-order valence-electron chi connectivity index (χ4n) is 3.41. The summed E-state index contributed by atoms with van der Waals surface area (Å²) in [5.74, 6) is 6.82. The predicted molar refractivity (Wildman–Crippen MR) is 87.2 cm³/mol. The van der Waals surface area contributed by atoms with Crippen molar-refractivity contribution < 1.29 is 4.74 Å². The van der Waals surface area contributed by atoms with Crippen molar-refractivity contribution in [3.8, 4) is 5.75 Å². The smallest absolute Gasteiger partial charge is 0.123 e. The van der Waals surface area contributed by atoms with E-state index in [1.54, 1.807) is 7.11 Å². The van der Waals surface area contributed by atoms with Gasteiger partial charge in [-0.15, -0.1) is 0 Å². The maximum Gasteiger partial charge on any atom is 0.123 e. The third-order valence-corrected chi connectivity index (χ3v) is 4.74. The van der Waals surface area contributed by atoms with E-state index < -0.39 is 0 Å². The number of benzene rings is 1. The van der Waals surface area contributed by atoms with Gasteiger partial charge in [0.05, 0.1) is 13.2 Å². The Hall–Kier alpha value is -1.10. The molecule has 0 amide bonds. The van der Waals surface area contributed by atoms with Gasteiger partial charge in [-0.3, -0.25) is 16.2 Å². The number of para-hydroxylation sites is 1. The van der Waals surface area contributed by atoms with E-state index in [1.165, 1.54) is 25.7 Å². The summed E-state index contributed by atoms with van der Waals surface area (Å²) in [7, 11) is 1.71. The number of nitrogens with two attached hydrogens (primary N) is 1. The molecule has 0 aliphatic carbocycles. The summed E-state index contributed by atoms with van der Waals surface area (Å²) in [6.45, 7) is 6.82. The molecule has 0 bridgehead atoms. The summed E-state index contributed by atoms with van der Waals surface area (Å²) in [5.41, 5.74) is 4.09. The van der Waals surface area contributed by atoms with Gasteiger partial charge in [0.15, 0.2) is 0 Å². The van der Waals surface area contributed by atoms with Crippen molar-refractivity contribution in [2.45, 2.75) is 51.1 Å². The van der Waals surface area contributed by atoms with Gasteiger partial charge in [0.25, 0.3) is 0 Å². The third-order valence-electron chi connectivity index (χ3n) is 4.74. The van der Waals surface area contributed by atoms with Crippen LogP contribution in [0.15, 0.2) is 24.3 Å². The van der Waals surface area contributed by atoms with Gasteiger partial charge in [-0.25, -0.2) is 0 Å². The molecule has 2 rings (SSSR count). The molecular formula is C17H29N3O. The molecule has 3 N–H and O–H groups in total. The molecule has 118 valence electrons. The van der Waals surface area contributed by atoms with Crippen LogP contribution in [-0.4, -0.2) is 30.6 Å². The molecule has 1 heterocycles. The zero-order chi connectivity index (χ0) is 15.3. The third kappa shape index (κ3) is 3.57. The van der Waals surface area contributed by atoms with E-state index in [0.29, 0.717) is 0 Å². The Bertz CT molecular complexity index is 439. The van der Waals surface area contributed by atoms with Crippen LogP contribution in [0.25, 0.3) is 0 Å². The average Bonchev–Trinajstić information content (AvgIpc) is 2.78. The lowest BCUT2D eigenvalue weighted by Crippen LogP contribution is -2.54. The van der Waals surface area contributed by atoms with Gasteiger partial charge in [-0.1, -0.05) is 31.0 Å². The Kier molecular flexibility index (Phi) is 5.62. The summed E-state index contributed by atoms with van der Waals surface area (Å²) >= 11 is 0. The van der Waals surface area contributed by atoms with E-state index in [4.69, 9.17) is 10.6 Å². The second-order valence-electron chi connectivity index (χ2n) is 6.40. The molecule has 1 aliphatic rings. The largest absolute Gasteiger partial charge is 0.496 e. The highest BCUT2D eigenvalue weighted by molar-refractivity contribution is 5.37. The highest BCUT2D eigenvalue weighted by atomic mass is 16.5. The van der Waals surface area contributed by atoms with E-state index in [0.717, 1.165) is 24.4 Å². The second-order valence-corrected chi connectivity index (χ2v) is 6.40. The highest BCUT2D eigenvalue weighted by Crippen LogP contribution is 2.36. The summed E-state index contributed by atoms with van der Waals surface area (Å²) in [6, 6.07) is 8.17. The zero-order valence-electron chi connectivity index (χ0n) is 13.6. The molecule has 0 radical (unpaired) electrons. The number of nitrogens with zero attached hydrogens (tertiary/aromatic N) is 1. The fourth-order valence-corrected chi connectivity index (χ4v) is 3.41. The van der Waals surface area contributed by atoms with Crippen molar-refractivity contribution in [1.29, 1.82) is 0 Å². The Balaban J connectivity index is 2.29. The predicted octanol–water partition coefficient (Wildman–Crippen LogP) is 2.85. The van der Waals surface area contributed by atoms with E-state index in [-0.39, 0.29) is 11.6 Å². The van der Waals surface area contributed by atoms with Crippen LogP contribution < -0.4 is 16.0 Å². The Morgan fingerprint density at radius 2 is 1.76 bits per heavy atom. The quantitative estimate of drug-likeness (QED) is 0.647. The molecule has 1 fully saturated rings. The SMILES string of the molecule is COc1ccccc1C(NN)C(C)(C)N1CCCCCC1. The Morgan fingerprint density at radius 3 is 2.33 bits per heavy atom. The van der Waals surface area contributed by atoms with Crippen LogP contribution in [0.1, 0.15) is 51.1 Å². The van der Waals surface area contributed by atoms with Crippen LogP contribution in [0.4, 0.5) is 0 Å². The fraction of sp³-hybridized carbons (Fsp3) is 0.647. The summed E-state index contributed by atoms with van der Waals surface area (Å²) < 4.78 is 5.52. The monoisotopic (exact) mass is 291 g/mol. The molecule has 1 aromatic carbocycles. The molecule has 0 saturated carbocycles. The molecule has 4 nitrogen and oxygen atoms in total. The van der Waals surface area contributed by atoms with Gasteiger partial charge in [0.1, 0.15) is 5.75 Å². The average molecular weight is 291 g/mol. The van der Waals surface area contributed by atoms with Crippen molar-refractivity contribution in [3.63, 3.8) is 0 Å². The zero-order valence-corrected chi connectivity index (χ0v) is 13.6. The molecule has 1 unspecified atom stereocenters. The summed E-state index contributed by atoms with van der Waals surface area (Å²) in [5, 5.41) is 0. The molecule has 1 saturated heterocycles. The number of nitrogens with one attached hydrogen (secondary N) is 1. The van der Waals surface area contributed by atoms with Crippen LogP contribution in [0, 0.1) is 0 Å². The minimum atomic E-state index is -0.0618. The van der Waals surface area contributed by atoms with E-state index in [9.17, 15) is 0 Å². The van der Waals surface area contributed by atoms with Crippen molar-refractivity contribution in [2.24, 2.45) is 5.84 Å². The molecule has 1 aliphatic heterocycles. The van der Waals surface area contributed by atoms with Gasteiger partial charge in [-0.2, -0.15) is 0 Å².